The molecule has 2 aliphatic carbocycles. The fourth-order valence-corrected chi connectivity index (χ4v) is 3.15. The number of nitrogens with two attached hydrogens (primary N) is 1. The van der Waals surface area contributed by atoms with Crippen molar-refractivity contribution in [3.8, 4) is 0 Å². The molecule has 2 saturated carbocycles. The molecule has 0 aromatic carbocycles. The van der Waals surface area contributed by atoms with Crippen LogP contribution in [0.15, 0.2) is 0 Å². The average molecular weight is 153 g/mol. The molecule has 2 fully saturated rings. The summed E-state index contributed by atoms with van der Waals surface area (Å²) in [6, 6.07) is 0.544. The molecule has 11 heavy (non-hydrogen) atoms. The number of rotatable bonds is 0. The van der Waals surface area contributed by atoms with Gasteiger partial charge in [0.05, 0.1) is 0 Å². The Balaban J connectivity index is 2.07. The molecule has 2 rings (SSSR count). The van der Waals surface area contributed by atoms with Crippen molar-refractivity contribution in [1.82, 2.24) is 0 Å². The summed E-state index contributed by atoms with van der Waals surface area (Å²) in [4.78, 5) is 0. The van der Waals surface area contributed by atoms with Gasteiger partial charge in [-0.25, -0.2) is 0 Å². The van der Waals surface area contributed by atoms with E-state index in [0.29, 0.717) is 6.04 Å². The molecule has 0 spiro atoms. The molecule has 0 heterocycles. The maximum atomic E-state index is 6.05. The predicted octanol–water partition coefficient (Wildman–Crippen LogP) is 2.16. The van der Waals surface area contributed by atoms with Crippen LogP contribution < -0.4 is 5.73 Å². The van der Waals surface area contributed by atoms with Crippen molar-refractivity contribution in [3.05, 3.63) is 0 Å². The lowest BCUT2D eigenvalue weighted by atomic mass is 9.74. The molecular formula is C10H19N. The third-order valence-corrected chi connectivity index (χ3v) is 3.86. The minimum absolute atomic E-state index is 0.544. The zero-order valence-corrected chi connectivity index (χ0v) is 7.42. The van der Waals surface area contributed by atoms with Gasteiger partial charge in [-0.2, -0.15) is 0 Å². The van der Waals surface area contributed by atoms with Crippen molar-refractivity contribution in [3.63, 3.8) is 0 Å². The Bertz CT molecular complexity index is 142. The van der Waals surface area contributed by atoms with Crippen LogP contribution in [0.3, 0.4) is 0 Å². The first-order chi connectivity index (χ1) is 5.29. The second kappa shape index (κ2) is 2.78. The highest BCUT2D eigenvalue weighted by Crippen LogP contribution is 2.44. The van der Waals surface area contributed by atoms with Crippen molar-refractivity contribution >= 4 is 0 Å². The van der Waals surface area contributed by atoms with Crippen LogP contribution in [0.5, 0.6) is 0 Å². The summed E-state index contributed by atoms with van der Waals surface area (Å²) in [6.45, 7) is 2.41. The monoisotopic (exact) mass is 153 g/mol. The van der Waals surface area contributed by atoms with Gasteiger partial charge in [-0.1, -0.05) is 19.8 Å². The van der Waals surface area contributed by atoms with Gasteiger partial charge >= 0.3 is 0 Å². The van der Waals surface area contributed by atoms with E-state index in [1.165, 1.54) is 32.1 Å². The normalized spacial score (nSPS) is 50.7. The first kappa shape index (κ1) is 7.60. The molecule has 0 radical (unpaired) electrons. The van der Waals surface area contributed by atoms with Gasteiger partial charge in [0.1, 0.15) is 0 Å². The average Bonchev–Trinajstić information content (AvgIpc) is 2.35. The van der Waals surface area contributed by atoms with Gasteiger partial charge in [-0.3, -0.25) is 0 Å². The van der Waals surface area contributed by atoms with Crippen LogP contribution >= 0.6 is 0 Å². The topological polar surface area (TPSA) is 26.0 Å². The van der Waals surface area contributed by atoms with Crippen LogP contribution in [0.25, 0.3) is 0 Å². The standard InChI is InChI=1S/C10H19N/c1-7-3-2-4-9-8(7)5-6-10(9)11/h7-10H,2-6,11H2,1H3. The zero-order chi connectivity index (χ0) is 7.84. The van der Waals surface area contributed by atoms with E-state index >= 15 is 0 Å². The Hall–Kier alpha value is -0.0400. The van der Waals surface area contributed by atoms with Gasteiger partial charge in [-0.05, 0) is 37.0 Å². The van der Waals surface area contributed by atoms with Gasteiger partial charge in [0.15, 0.2) is 0 Å². The van der Waals surface area contributed by atoms with Gasteiger partial charge in [0.25, 0.3) is 0 Å². The summed E-state index contributed by atoms with van der Waals surface area (Å²) in [7, 11) is 0. The molecule has 0 aliphatic heterocycles. The molecule has 0 aromatic rings. The largest absolute Gasteiger partial charge is 0.327 e. The SMILES string of the molecule is CC1CCCC2C(N)CCC12. The minimum atomic E-state index is 0.544. The van der Waals surface area contributed by atoms with E-state index in [1.807, 2.05) is 0 Å². The predicted molar refractivity (Wildman–Crippen MR) is 47.2 cm³/mol. The highest BCUT2D eigenvalue weighted by Gasteiger charge is 2.38. The lowest BCUT2D eigenvalue weighted by molar-refractivity contribution is 0.187. The molecule has 0 saturated heterocycles. The Labute approximate surface area is 69.4 Å². The quantitative estimate of drug-likeness (QED) is 0.567. The fourth-order valence-electron chi connectivity index (χ4n) is 3.15. The van der Waals surface area contributed by atoms with Gasteiger partial charge in [0.2, 0.25) is 0 Å². The molecule has 1 nitrogen and oxygen atoms in total. The molecule has 4 unspecified atom stereocenters. The van der Waals surface area contributed by atoms with E-state index in [-0.39, 0.29) is 0 Å². The summed E-state index contributed by atoms with van der Waals surface area (Å²) < 4.78 is 0. The van der Waals surface area contributed by atoms with Crippen LogP contribution in [0.4, 0.5) is 0 Å². The summed E-state index contributed by atoms with van der Waals surface area (Å²) in [5, 5.41) is 0. The van der Waals surface area contributed by atoms with Crippen LogP contribution in [-0.4, -0.2) is 6.04 Å². The van der Waals surface area contributed by atoms with Crippen molar-refractivity contribution in [2.75, 3.05) is 0 Å². The third kappa shape index (κ3) is 1.20. The summed E-state index contributed by atoms with van der Waals surface area (Å²) in [5.74, 6) is 2.83. The van der Waals surface area contributed by atoms with Gasteiger partial charge < -0.3 is 5.73 Å². The van der Waals surface area contributed by atoms with Crippen LogP contribution in [-0.2, 0) is 0 Å². The van der Waals surface area contributed by atoms with E-state index in [2.05, 4.69) is 6.92 Å². The smallest absolute Gasteiger partial charge is 0.00700 e. The highest BCUT2D eigenvalue weighted by atomic mass is 14.7. The molecule has 2 N–H and O–H groups in total. The van der Waals surface area contributed by atoms with E-state index in [9.17, 15) is 0 Å². The zero-order valence-electron chi connectivity index (χ0n) is 7.42. The Morgan fingerprint density at radius 3 is 2.55 bits per heavy atom. The molecule has 0 bridgehead atoms. The number of hydrogen-bond acceptors (Lipinski definition) is 1. The Kier molecular flexibility index (Phi) is 1.92. The Morgan fingerprint density at radius 2 is 1.82 bits per heavy atom. The summed E-state index contributed by atoms with van der Waals surface area (Å²) in [6.07, 6.45) is 6.99. The molecule has 4 atom stereocenters. The third-order valence-electron chi connectivity index (χ3n) is 3.86. The summed E-state index contributed by atoms with van der Waals surface area (Å²) in [5.41, 5.74) is 6.05. The van der Waals surface area contributed by atoms with Gasteiger partial charge in [0, 0.05) is 6.04 Å². The molecule has 1 heteroatoms. The number of hydrogen-bond donors (Lipinski definition) is 1. The van der Waals surface area contributed by atoms with E-state index in [0.717, 1.165) is 17.8 Å². The van der Waals surface area contributed by atoms with Crippen LogP contribution in [0.1, 0.15) is 39.0 Å². The van der Waals surface area contributed by atoms with E-state index < -0.39 is 0 Å². The maximum absolute atomic E-state index is 6.05. The summed E-state index contributed by atoms with van der Waals surface area (Å²) >= 11 is 0. The molecule has 0 amide bonds. The lowest BCUT2D eigenvalue weighted by Crippen LogP contribution is -2.32. The second-order valence-electron chi connectivity index (χ2n) is 4.48. The molecule has 64 valence electrons. The van der Waals surface area contributed by atoms with Crippen LogP contribution in [0.2, 0.25) is 0 Å². The lowest BCUT2D eigenvalue weighted by Gasteiger charge is -2.32. The highest BCUT2D eigenvalue weighted by molar-refractivity contribution is 4.92. The first-order valence-electron chi connectivity index (χ1n) is 5.04. The second-order valence-corrected chi connectivity index (χ2v) is 4.48. The Morgan fingerprint density at radius 1 is 1.00 bits per heavy atom. The molecule has 0 aromatic heterocycles. The number of fused-ring (bicyclic) bond motifs is 1. The van der Waals surface area contributed by atoms with Crippen molar-refractivity contribution in [1.29, 1.82) is 0 Å². The fraction of sp³-hybridized carbons (Fsp3) is 1.00. The maximum Gasteiger partial charge on any atom is 0.00700 e. The van der Waals surface area contributed by atoms with E-state index in [1.54, 1.807) is 0 Å². The van der Waals surface area contributed by atoms with E-state index in [4.69, 9.17) is 5.73 Å². The first-order valence-corrected chi connectivity index (χ1v) is 5.04. The molecular weight excluding hydrogens is 134 g/mol. The molecule has 2 aliphatic rings. The van der Waals surface area contributed by atoms with Gasteiger partial charge in [-0.15, -0.1) is 0 Å². The van der Waals surface area contributed by atoms with Crippen molar-refractivity contribution in [2.45, 2.75) is 45.1 Å². The van der Waals surface area contributed by atoms with Crippen LogP contribution in [0, 0.1) is 17.8 Å². The van der Waals surface area contributed by atoms with Crippen molar-refractivity contribution in [2.24, 2.45) is 23.5 Å². The minimum Gasteiger partial charge on any atom is -0.327 e. The van der Waals surface area contributed by atoms with Crippen molar-refractivity contribution < 1.29 is 0 Å².